The van der Waals surface area contributed by atoms with E-state index in [4.69, 9.17) is 5.73 Å². The fraction of sp³-hybridized carbons (Fsp3) is 0.286. The topological polar surface area (TPSA) is 55.1 Å². The Morgan fingerprint density at radius 1 is 0.903 bits per heavy atom. The van der Waals surface area contributed by atoms with Gasteiger partial charge in [0.15, 0.2) is 0 Å². The largest absolute Gasteiger partial charge is 0.399 e. The van der Waals surface area contributed by atoms with Crippen LogP contribution in [0.25, 0.3) is 11.1 Å². The minimum absolute atomic E-state index is 0.0684. The summed E-state index contributed by atoms with van der Waals surface area (Å²) in [7, 11) is 0. The molecule has 0 heterocycles. The Morgan fingerprint density at radius 3 is 2.32 bits per heavy atom. The van der Waals surface area contributed by atoms with Crippen LogP contribution < -0.4 is 11.1 Å². The minimum Gasteiger partial charge on any atom is -0.399 e. The van der Waals surface area contributed by atoms with Gasteiger partial charge in [-0.05, 0) is 78.5 Å². The lowest BCUT2D eigenvalue weighted by Gasteiger charge is -2.28. The molecule has 3 aromatic rings. The molecule has 3 aromatic carbocycles. The Labute approximate surface area is 185 Å². The summed E-state index contributed by atoms with van der Waals surface area (Å²) in [6.07, 6.45) is 4.71. The summed E-state index contributed by atoms with van der Waals surface area (Å²) >= 11 is 0. The van der Waals surface area contributed by atoms with E-state index in [1.807, 2.05) is 30.3 Å². The monoisotopic (exact) mass is 411 g/mol. The molecule has 1 radical (unpaired) electrons. The number of amides is 1. The maximum atomic E-state index is 13.1. The predicted molar refractivity (Wildman–Crippen MR) is 128 cm³/mol. The van der Waals surface area contributed by atoms with Gasteiger partial charge in [-0.2, -0.15) is 0 Å². The molecule has 0 bridgehead atoms. The van der Waals surface area contributed by atoms with E-state index in [9.17, 15) is 4.79 Å². The number of carbonyl (C=O) groups is 1. The molecule has 1 unspecified atom stereocenters. The van der Waals surface area contributed by atoms with Gasteiger partial charge >= 0.3 is 0 Å². The Morgan fingerprint density at radius 2 is 1.61 bits per heavy atom. The molecule has 1 amide bonds. The van der Waals surface area contributed by atoms with Crippen LogP contribution in [0.1, 0.15) is 42.9 Å². The van der Waals surface area contributed by atoms with Crippen LogP contribution in [0.3, 0.4) is 0 Å². The van der Waals surface area contributed by atoms with Crippen LogP contribution in [-0.2, 0) is 11.2 Å². The molecule has 3 N–H and O–H groups in total. The fourth-order valence-corrected chi connectivity index (χ4v) is 4.43. The third-order valence-corrected chi connectivity index (χ3v) is 6.35. The molecule has 0 aromatic heterocycles. The predicted octanol–water partition coefficient (Wildman–Crippen LogP) is 5.98. The molecule has 3 nitrogen and oxygen atoms in total. The van der Waals surface area contributed by atoms with Crippen molar-refractivity contribution in [3.63, 3.8) is 0 Å². The van der Waals surface area contributed by atoms with E-state index in [1.54, 1.807) is 0 Å². The summed E-state index contributed by atoms with van der Waals surface area (Å²) in [6.45, 7) is 4.16. The fourth-order valence-electron chi connectivity index (χ4n) is 4.43. The van der Waals surface area contributed by atoms with Crippen molar-refractivity contribution >= 4 is 11.6 Å². The van der Waals surface area contributed by atoms with Crippen molar-refractivity contribution in [1.82, 2.24) is 5.32 Å². The normalized spacial score (nSPS) is 19.5. The maximum absolute atomic E-state index is 13.1. The van der Waals surface area contributed by atoms with Gasteiger partial charge in [-0.3, -0.25) is 4.79 Å². The van der Waals surface area contributed by atoms with Crippen LogP contribution in [0.4, 0.5) is 5.69 Å². The van der Waals surface area contributed by atoms with E-state index >= 15 is 0 Å². The number of hydrogen-bond acceptors (Lipinski definition) is 2. The number of carbonyl (C=O) groups excluding carboxylic acids is 1. The van der Waals surface area contributed by atoms with Crippen molar-refractivity contribution < 1.29 is 4.79 Å². The lowest BCUT2D eigenvalue weighted by atomic mass is 9.82. The van der Waals surface area contributed by atoms with Crippen molar-refractivity contribution in [2.24, 2.45) is 11.8 Å². The first kappa shape index (κ1) is 21.2. The standard InChI is InChI=1S/C28H31N2O/c1-20-10-12-23(13-11-20)28(31)30-27(18-21-6-3-2-4-7-21)25-9-5-8-24(19-25)22-14-16-26(29)17-15-22/h2-9,14-17,19-20,23,27H,1,10-13,18,29H2,(H,30,31). The molecule has 159 valence electrons. The first-order chi connectivity index (χ1) is 15.1. The van der Waals surface area contributed by atoms with Crippen molar-refractivity contribution in [1.29, 1.82) is 0 Å². The summed E-state index contributed by atoms with van der Waals surface area (Å²) in [5.41, 5.74) is 11.2. The average molecular weight is 412 g/mol. The van der Waals surface area contributed by atoms with Crippen molar-refractivity contribution in [2.75, 3.05) is 5.73 Å². The molecular formula is C28H31N2O. The second kappa shape index (κ2) is 9.82. The number of rotatable bonds is 6. The van der Waals surface area contributed by atoms with Gasteiger partial charge in [0.2, 0.25) is 5.91 Å². The Hall–Kier alpha value is -3.07. The summed E-state index contributed by atoms with van der Waals surface area (Å²) in [4.78, 5) is 13.1. The first-order valence-electron chi connectivity index (χ1n) is 11.2. The molecule has 1 aliphatic carbocycles. The van der Waals surface area contributed by atoms with Crippen LogP contribution in [0, 0.1) is 18.8 Å². The van der Waals surface area contributed by atoms with Crippen LogP contribution in [0.5, 0.6) is 0 Å². The molecule has 0 aliphatic heterocycles. The average Bonchev–Trinajstić information content (AvgIpc) is 2.80. The first-order valence-corrected chi connectivity index (χ1v) is 11.2. The van der Waals surface area contributed by atoms with Crippen LogP contribution in [-0.4, -0.2) is 5.91 Å². The van der Waals surface area contributed by atoms with E-state index < -0.39 is 0 Å². The van der Waals surface area contributed by atoms with E-state index in [1.165, 1.54) is 5.56 Å². The van der Waals surface area contributed by atoms with Gasteiger partial charge in [0.25, 0.3) is 0 Å². The number of benzene rings is 3. The minimum atomic E-state index is -0.0684. The third-order valence-electron chi connectivity index (χ3n) is 6.35. The molecule has 1 aliphatic rings. The highest BCUT2D eigenvalue weighted by Crippen LogP contribution is 2.30. The van der Waals surface area contributed by atoms with Gasteiger partial charge in [-0.15, -0.1) is 0 Å². The maximum Gasteiger partial charge on any atom is 0.223 e. The Balaban J connectivity index is 1.58. The van der Waals surface area contributed by atoms with Gasteiger partial charge in [-0.25, -0.2) is 0 Å². The zero-order chi connectivity index (χ0) is 21.6. The van der Waals surface area contributed by atoms with E-state index in [-0.39, 0.29) is 17.9 Å². The summed E-state index contributed by atoms with van der Waals surface area (Å²) in [5.74, 6) is 0.753. The van der Waals surface area contributed by atoms with Gasteiger partial charge in [-0.1, -0.05) is 67.6 Å². The van der Waals surface area contributed by atoms with E-state index in [2.05, 4.69) is 60.8 Å². The summed E-state index contributed by atoms with van der Waals surface area (Å²) < 4.78 is 0. The zero-order valence-corrected chi connectivity index (χ0v) is 18.0. The molecule has 31 heavy (non-hydrogen) atoms. The van der Waals surface area contributed by atoms with Crippen LogP contribution in [0.15, 0.2) is 78.9 Å². The molecule has 1 saturated carbocycles. The van der Waals surface area contributed by atoms with Crippen molar-refractivity contribution in [3.8, 4) is 11.1 Å². The van der Waals surface area contributed by atoms with Gasteiger partial charge in [0.05, 0.1) is 6.04 Å². The molecule has 0 spiro atoms. The number of hydrogen-bond donors (Lipinski definition) is 2. The highest BCUT2D eigenvalue weighted by Gasteiger charge is 2.26. The van der Waals surface area contributed by atoms with E-state index in [0.717, 1.165) is 54.5 Å². The lowest BCUT2D eigenvalue weighted by Crippen LogP contribution is -2.36. The van der Waals surface area contributed by atoms with Gasteiger partial charge in [0, 0.05) is 11.6 Å². The second-order valence-corrected chi connectivity index (χ2v) is 8.72. The van der Waals surface area contributed by atoms with Crippen LogP contribution >= 0.6 is 0 Å². The number of nitrogens with two attached hydrogens (primary N) is 1. The third kappa shape index (κ3) is 5.55. The smallest absolute Gasteiger partial charge is 0.223 e. The number of nitrogens with one attached hydrogen (secondary N) is 1. The van der Waals surface area contributed by atoms with Crippen LogP contribution in [0.2, 0.25) is 0 Å². The molecule has 1 fully saturated rings. The van der Waals surface area contributed by atoms with E-state index in [0.29, 0.717) is 5.92 Å². The van der Waals surface area contributed by atoms with Gasteiger partial charge < -0.3 is 11.1 Å². The van der Waals surface area contributed by atoms with Crippen molar-refractivity contribution in [3.05, 3.63) is 96.9 Å². The Kier molecular flexibility index (Phi) is 6.71. The molecule has 3 heteroatoms. The molecule has 0 saturated heterocycles. The highest BCUT2D eigenvalue weighted by molar-refractivity contribution is 5.79. The summed E-state index contributed by atoms with van der Waals surface area (Å²) in [5, 5.41) is 3.37. The number of anilines is 1. The molecule has 4 rings (SSSR count). The molecular weight excluding hydrogens is 380 g/mol. The SMILES string of the molecule is [CH2]C1CCC(C(=O)NC(Cc2ccccc2)c2cccc(-c3ccc(N)cc3)c2)CC1. The van der Waals surface area contributed by atoms with Crippen molar-refractivity contribution in [2.45, 2.75) is 38.1 Å². The second-order valence-electron chi connectivity index (χ2n) is 8.72. The molecule has 1 atom stereocenters. The quantitative estimate of drug-likeness (QED) is 0.491. The highest BCUT2D eigenvalue weighted by atomic mass is 16.1. The van der Waals surface area contributed by atoms with Gasteiger partial charge in [0.1, 0.15) is 0 Å². The Bertz CT molecular complexity index is 989. The lowest BCUT2D eigenvalue weighted by molar-refractivity contribution is -0.126. The summed E-state index contributed by atoms with van der Waals surface area (Å²) in [6, 6.07) is 26.7. The number of nitrogen functional groups attached to an aromatic ring is 1. The zero-order valence-electron chi connectivity index (χ0n) is 18.0.